The molecule has 1 aromatic carbocycles. The van der Waals surface area contributed by atoms with E-state index in [9.17, 15) is 0 Å². The predicted molar refractivity (Wildman–Crippen MR) is 98.7 cm³/mol. The lowest BCUT2D eigenvalue weighted by Gasteiger charge is -2.22. The smallest absolute Gasteiger partial charge is 0.194 e. The number of nitrogens with one attached hydrogen (secondary N) is 1. The first-order valence-electron chi connectivity index (χ1n) is 9.05. The van der Waals surface area contributed by atoms with Crippen LogP contribution in [0, 0.1) is 5.92 Å². The van der Waals surface area contributed by atoms with Gasteiger partial charge < -0.3 is 19.7 Å². The molecule has 1 fully saturated rings. The van der Waals surface area contributed by atoms with Gasteiger partial charge in [0.05, 0.1) is 13.2 Å². The molecule has 134 valence electrons. The average molecular weight is 333 g/mol. The molecule has 5 nitrogen and oxygen atoms in total. The average Bonchev–Trinajstić information content (AvgIpc) is 3.06. The number of rotatable bonds is 8. The van der Waals surface area contributed by atoms with Crippen LogP contribution in [0.4, 0.5) is 0 Å². The normalized spacial score (nSPS) is 19.4. The summed E-state index contributed by atoms with van der Waals surface area (Å²) in [6, 6.07) is 9.91. The molecule has 0 spiro atoms. The molecule has 1 aliphatic rings. The fourth-order valence-electron chi connectivity index (χ4n) is 2.86. The van der Waals surface area contributed by atoms with Crippen molar-refractivity contribution in [1.82, 2.24) is 10.2 Å². The Labute approximate surface area is 146 Å². The molecule has 2 unspecified atom stereocenters. The third-order valence-corrected chi connectivity index (χ3v) is 4.06. The Kier molecular flexibility index (Phi) is 7.89. The van der Waals surface area contributed by atoms with Gasteiger partial charge in [0.25, 0.3) is 0 Å². The number of aliphatic imine (C=N–C) groups is 1. The van der Waals surface area contributed by atoms with Crippen LogP contribution in [0.5, 0.6) is 5.75 Å². The fraction of sp³-hybridized carbons (Fsp3) is 0.632. The van der Waals surface area contributed by atoms with E-state index in [1.807, 2.05) is 37.3 Å². The first kappa shape index (κ1) is 18.6. The SMILES string of the molecule is CCNC(=NCC(C)Oc1ccccc1)N1CCC(COCC)C1. The molecule has 1 heterocycles. The third kappa shape index (κ3) is 6.04. The number of ether oxygens (including phenoxy) is 2. The number of nitrogens with zero attached hydrogens (tertiary/aromatic N) is 2. The van der Waals surface area contributed by atoms with Crippen LogP contribution < -0.4 is 10.1 Å². The molecular weight excluding hydrogens is 302 g/mol. The van der Waals surface area contributed by atoms with Crippen molar-refractivity contribution in [3.8, 4) is 5.75 Å². The highest BCUT2D eigenvalue weighted by Gasteiger charge is 2.24. The fourth-order valence-corrected chi connectivity index (χ4v) is 2.86. The van der Waals surface area contributed by atoms with E-state index in [0.29, 0.717) is 12.5 Å². The van der Waals surface area contributed by atoms with Gasteiger partial charge in [-0.2, -0.15) is 0 Å². The molecule has 5 heteroatoms. The molecule has 0 aliphatic carbocycles. The summed E-state index contributed by atoms with van der Waals surface area (Å²) in [6.45, 7) is 11.4. The molecule has 24 heavy (non-hydrogen) atoms. The standard InChI is InChI=1S/C19H31N3O2/c1-4-20-19(22-12-11-17(14-22)15-23-5-2)21-13-16(3)24-18-9-7-6-8-10-18/h6-10,16-17H,4-5,11-15H2,1-3H3,(H,20,21). The van der Waals surface area contributed by atoms with E-state index in [0.717, 1.165) is 44.6 Å². The quantitative estimate of drug-likeness (QED) is 0.587. The number of guanidine groups is 1. The highest BCUT2D eigenvalue weighted by atomic mass is 16.5. The zero-order valence-electron chi connectivity index (χ0n) is 15.2. The predicted octanol–water partition coefficient (Wildman–Crippen LogP) is 2.78. The first-order chi connectivity index (χ1) is 11.7. The van der Waals surface area contributed by atoms with E-state index < -0.39 is 0 Å². The first-order valence-corrected chi connectivity index (χ1v) is 9.05. The maximum atomic E-state index is 5.91. The zero-order valence-corrected chi connectivity index (χ0v) is 15.2. The second kappa shape index (κ2) is 10.2. The van der Waals surface area contributed by atoms with Gasteiger partial charge >= 0.3 is 0 Å². The Morgan fingerprint density at radius 2 is 2.12 bits per heavy atom. The van der Waals surface area contributed by atoms with Crippen molar-refractivity contribution >= 4 is 5.96 Å². The highest BCUT2D eigenvalue weighted by molar-refractivity contribution is 5.80. The number of hydrogen-bond acceptors (Lipinski definition) is 3. The summed E-state index contributed by atoms with van der Waals surface area (Å²) in [6.07, 6.45) is 1.21. The molecule has 0 radical (unpaired) electrons. The maximum Gasteiger partial charge on any atom is 0.194 e. The molecule has 2 rings (SSSR count). The van der Waals surface area contributed by atoms with Crippen molar-refractivity contribution in [2.75, 3.05) is 39.4 Å². The summed E-state index contributed by atoms with van der Waals surface area (Å²) in [5, 5.41) is 3.40. The Hall–Kier alpha value is -1.75. The minimum Gasteiger partial charge on any atom is -0.489 e. The van der Waals surface area contributed by atoms with Crippen LogP contribution in [-0.4, -0.2) is 56.4 Å². The van der Waals surface area contributed by atoms with Crippen LogP contribution in [0.2, 0.25) is 0 Å². The maximum absolute atomic E-state index is 5.91. The van der Waals surface area contributed by atoms with Gasteiger partial charge in [-0.15, -0.1) is 0 Å². The van der Waals surface area contributed by atoms with E-state index in [1.54, 1.807) is 0 Å². The minimum atomic E-state index is 0.0443. The molecule has 1 aromatic rings. The number of para-hydroxylation sites is 1. The molecule has 0 amide bonds. The number of likely N-dealkylation sites (tertiary alicyclic amines) is 1. The molecular formula is C19H31N3O2. The van der Waals surface area contributed by atoms with Crippen LogP contribution in [0.25, 0.3) is 0 Å². The molecule has 0 aromatic heterocycles. The van der Waals surface area contributed by atoms with Crippen molar-refractivity contribution < 1.29 is 9.47 Å². The topological polar surface area (TPSA) is 46.1 Å². The van der Waals surface area contributed by atoms with Crippen molar-refractivity contribution in [3.05, 3.63) is 30.3 Å². The van der Waals surface area contributed by atoms with Crippen LogP contribution >= 0.6 is 0 Å². The number of hydrogen-bond donors (Lipinski definition) is 1. The summed E-state index contributed by atoms with van der Waals surface area (Å²) < 4.78 is 11.5. The second-order valence-corrected chi connectivity index (χ2v) is 6.20. The van der Waals surface area contributed by atoms with Crippen LogP contribution in [0.15, 0.2) is 35.3 Å². The summed E-state index contributed by atoms with van der Waals surface area (Å²) >= 11 is 0. The van der Waals surface area contributed by atoms with Gasteiger partial charge in [0.2, 0.25) is 0 Å². The van der Waals surface area contributed by atoms with Crippen molar-refractivity contribution in [2.45, 2.75) is 33.3 Å². The van der Waals surface area contributed by atoms with Gasteiger partial charge in [-0.25, -0.2) is 4.99 Å². The Balaban J connectivity index is 1.86. The molecule has 2 atom stereocenters. The minimum absolute atomic E-state index is 0.0443. The van der Waals surface area contributed by atoms with Gasteiger partial charge in [0.1, 0.15) is 11.9 Å². The van der Waals surface area contributed by atoms with E-state index >= 15 is 0 Å². The lowest BCUT2D eigenvalue weighted by atomic mass is 10.1. The molecule has 0 bridgehead atoms. The van der Waals surface area contributed by atoms with Crippen LogP contribution in [0.1, 0.15) is 27.2 Å². The highest BCUT2D eigenvalue weighted by Crippen LogP contribution is 2.17. The summed E-state index contributed by atoms with van der Waals surface area (Å²) in [4.78, 5) is 7.11. The number of benzene rings is 1. The Morgan fingerprint density at radius 1 is 1.33 bits per heavy atom. The second-order valence-electron chi connectivity index (χ2n) is 6.20. The Morgan fingerprint density at radius 3 is 2.83 bits per heavy atom. The summed E-state index contributed by atoms with van der Waals surface area (Å²) in [5.41, 5.74) is 0. The summed E-state index contributed by atoms with van der Waals surface area (Å²) in [7, 11) is 0. The van der Waals surface area contributed by atoms with Crippen molar-refractivity contribution in [3.63, 3.8) is 0 Å². The largest absolute Gasteiger partial charge is 0.489 e. The lowest BCUT2D eigenvalue weighted by molar-refractivity contribution is 0.114. The zero-order chi connectivity index (χ0) is 17.2. The van der Waals surface area contributed by atoms with Gasteiger partial charge in [0, 0.05) is 32.2 Å². The van der Waals surface area contributed by atoms with Crippen molar-refractivity contribution in [2.24, 2.45) is 10.9 Å². The van der Waals surface area contributed by atoms with E-state index in [1.165, 1.54) is 6.42 Å². The van der Waals surface area contributed by atoms with Crippen molar-refractivity contribution in [1.29, 1.82) is 0 Å². The van der Waals surface area contributed by atoms with Gasteiger partial charge in [-0.05, 0) is 39.3 Å². The molecule has 1 N–H and O–H groups in total. The molecule has 1 saturated heterocycles. The van der Waals surface area contributed by atoms with Crippen LogP contribution in [-0.2, 0) is 4.74 Å². The van der Waals surface area contributed by atoms with Gasteiger partial charge in [-0.1, -0.05) is 18.2 Å². The van der Waals surface area contributed by atoms with Gasteiger partial charge in [-0.3, -0.25) is 0 Å². The monoisotopic (exact) mass is 333 g/mol. The van der Waals surface area contributed by atoms with E-state index in [4.69, 9.17) is 14.5 Å². The van der Waals surface area contributed by atoms with Gasteiger partial charge in [0.15, 0.2) is 5.96 Å². The van der Waals surface area contributed by atoms with Crippen LogP contribution in [0.3, 0.4) is 0 Å². The Bertz CT molecular complexity index is 493. The van der Waals surface area contributed by atoms with E-state index in [-0.39, 0.29) is 6.10 Å². The van der Waals surface area contributed by atoms with E-state index in [2.05, 4.69) is 24.1 Å². The third-order valence-electron chi connectivity index (χ3n) is 4.06. The molecule has 0 saturated carbocycles. The summed E-state index contributed by atoms with van der Waals surface area (Å²) in [5.74, 6) is 2.48. The lowest BCUT2D eigenvalue weighted by Crippen LogP contribution is -2.41. The molecule has 1 aliphatic heterocycles.